The minimum atomic E-state index is -3.80. The molecule has 4 unspecified atom stereocenters. The lowest BCUT2D eigenvalue weighted by Gasteiger charge is -2.32. The molecule has 4 atom stereocenters. The maximum Gasteiger partial charge on any atom is 0.186 e. The van der Waals surface area contributed by atoms with Crippen molar-refractivity contribution in [3.05, 3.63) is 190 Å². The molecule has 4 saturated heterocycles. The largest absolute Gasteiger partial charge is 0.367 e. The van der Waals surface area contributed by atoms with Crippen LogP contribution in [0, 0.1) is 51.7 Å². The number of hydrogen-bond donors (Lipinski definition) is 4. The Balaban J connectivity index is 0.000000162. The van der Waals surface area contributed by atoms with Crippen molar-refractivity contribution < 1.29 is 71.5 Å². The highest BCUT2D eigenvalue weighted by atomic mass is 35.5. The van der Waals surface area contributed by atoms with E-state index >= 15 is 0 Å². The summed E-state index contributed by atoms with van der Waals surface area (Å²) >= 11 is 27.2. The van der Waals surface area contributed by atoms with Gasteiger partial charge >= 0.3 is 0 Å². The molecule has 16 rings (SSSR count). The number of nitrogens with one attached hydrogen (secondary N) is 4. The lowest BCUT2D eigenvalue weighted by Crippen LogP contribution is -2.38. The summed E-state index contributed by atoms with van der Waals surface area (Å²) in [4.78, 5) is 47.2. The summed E-state index contributed by atoms with van der Waals surface area (Å²) in [5, 5.41) is 18.5. The summed E-state index contributed by atoms with van der Waals surface area (Å²) in [6.07, 6.45) is -23.1. The zero-order chi connectivity index (χ0) is 107. The molecule has 4 aromatic carbocycles. The fraction of sp³-hybridized carbons (Fsp3) is 0.365. The van der Waals surface area contributed by atoms with E-state index in [1.54, 1.807) is 6.07 Å². The van der Waals surface area contributed by atoms with E-state index in [1.165, 1.54) is 38.1 Å². The van der Waals surface area contributed by atoms with E-state index in [0.29, 0.717) is 10.1 Å². The van der Waals surface area contributed by atoms with Crippen LogP contribution >= 0.6 is 91.8 Å². The number of hydrogen-bond acceptors (Lipinski definition) is 25. The van der Waals surface area contributed by atoms with Crippen molar-refractivity contribution in [2.45, 2.75) is 121 Å². The molecule has 0 amide bonds. The van der Waals surface area contributed by atoms with Crippen LogP contribution in [0.25, 0.3) is 41.3 Å². The second-order valence-corrected chi connectivity index (χ2v) is 28.4. The van der Waals surface area contributed by atoms with Crippen LogP contribution in [0.2, 0.25) is 24.1 Å². The highest BCUT2D eigenvalue weighted by Crippen LogP contribution is 2.36. The second-order valence-electron chi connectivity index (χ2n) is 22.3. The van der Waals surface area contributed by atoms with Gasteiger partial charge in [-0.1, -0.05) is 119 Å². The van der Waals surface area contributed by atoms with Gasteiger partial charge in [0.15, 0.2) is 48.1 Å². The number of benzene rings is 4. The molecule has 21 nitrogen and oxygen atoms in total. The molecule has 4 aliphatic rings. The molecule has 8 aromatic heterocycles. The van der Waals surface area contributed by atoms with Crippen molar-refractivity contribution in [2.75, 3.05) is 73.5 Å². The molecule has 0 bridgehead atoms. The number of rotatable bonds is 17. The number of thiazole rings is 3. The summed E-state index contributed by atoms with van der Waals surface area (Å²) in [5.74, 6) is -7.92. The molecule has 12 aromatic rings. The van der Waals surface area contributed by atoms with Gasteiger partial charge in [0, 0.05) is 142 Å². The fourth-order valence-electron chi connectivity index (χ4n) is 9.55. The fourth-order valence-corrected chi connectivity index (χ4v) is 13.4. The van der Waals surface area contributed by atoms with Crippen LogP contribution in [0.5, 0.6) is 0 Å². The summed E-state index contributed by atoms with van der Waals surface area (Å²) in [6.45, 7) is -14.5. The van der Waals surface area contributed by atoms with Crippen molar-refractivity contribution >= 4 is 156 Å². The smallest absolute Gasteiger partial charge is 0.186 e. The third-order valence-corrected chi connectivity index (χ3v) is 19.3. The summed E-state index contributed by atoms with van der Waals surface area (Å²) in [5.41, 5.74) is -0.951. The first kappa shape index (κ1) is 44.5. The lowest BCUT2D eigenvalue weighted by atomic mass is 10.0. The van der Waals surface area contributed by atoms with E-state index in [2.05, 4.69) is 54.8 Å². The Bertz CT molecular complexity index is 6790. The molecule has 0 spiro atoms. The lowest BCUT2D eigenvalue weighted by molar-refractivity contribution is 0.211. The van der Waals surface area contributed by atoms with E-state index in [4.69, 9.17) is 106 Å². The van der Waals surface area contributed by atoms with E-state index in [1.807, 2.05) is 0 Å². The first-order chi connectivity index (χ1) is 66.2. The molecule has 560 valence electrons. The van der Waals surface area contributed by atoms with Crippen molar-refractivity contribution in [1.82, 2.24) is 74.4 Å². The van der Waals surface area contributed by atoms with Gasteiger partial charge in [-0.15, -0.1) is 11.3 Å². The molecular formula is C74H72Cl4F5N21S4. The molecule has 108 heavy (non-hydrogen) atoms. The normalized spacial score (nSPS) is 27.9. The first-order valence-electron chi connectivity index (χ1n) is 49.1. The Morgan fingerprint density at radius 2 is 0.870 bits per heavy atom. The molecule has 34 heteroatoms. The number of anilines is 4. The molecule has 4 N–H and O–H groups in total. The van der Waals surface area contributed by atoms with Gasteiger partial charge in [0.05, 0.1) is 28.4 Å². The predicted octanol–water partition coefficient (Wildman–Crippen LogP) is 17.4. The monoisotopic (exact) mass is 1650 g/mol. The Morgan fingerprint density at radius 1 is 0.491 bits per heavy atom. The number of fused-ring (bicyclic) bond motifs is 4. The summed E-state index contributed by atoms with van der Waals surface area (Å²) in [6, 6.07) is 2.83. The van der Waals surface area contributed by atoms with Crippen LogP contribution in [0.4, 0.5) is 45.2 Å². The molecule has 0 saturated carbocycles. The highest BCUT2D eigenvalue weighted by Gasteiger charge is 2.27. The average molecular weight is 1660 g/mol. The Hall–Kier alpha value is -8.34. The number of nitriles is 2. The van der Waals surface area contributed by atoms with Gasteiger partial charge < -0.3 is 21.2 Å². The van der Waals surface area contributed by atoms with Gasteiger partial charge in [0.1, 0.15) is 99.3 Å². The number of halogens is 9. The van der Waals surface area contributed by atoms with Crippen LogP contribution in [0.15, 0.2) is 104 Å². The number of nitrogens with zero attached hydrogens (tertiary/aromatic N) is 17. The summed E-state index contributed by atoms with van der Waals surface area (Å²) < 4.78 is 377. The van der Waals surface area contributed by atoms with Gasteiger partial charge in [-0.25, -0.2) is 76.8 Å². The van der Waals surface area contributed by atoms with E-state index < -0.39 is 224 Å². The van der Waals surface area contributed by atoms with Crippen molar-refractivity contribution in [3.8, 4) is 12.1 Å². The van der Waals surface area contributed by atoms with Crippen LogP contribution in [-0.4, -0.2) is 151 Å². The maximum atomic E-state index is 13.9. The predicted molar refractivity (Wildman–Crippen MR) is 420 cm³/mol. The number of piperidine rings is 4. The quantitative estimate of drug-likeness (QED) is 0.0618. The van der Waals surface area contributed by atoms with Crippen LogP contribution < -0.4 is 21.2 Å². The zero-order valence-corrected chi connectivity index (χ0v) is 61.4. The third-order valence-electron chi connectivity index (χ3n) is 14.6. The van der Waals surface area contributed by atoms with Crippen molar-refractivity contribution in [1.29, 1.82) is 10.5 Å². The van der Waals surface area contributed by atoms with Gasteiger partial charge in [0.25, 0.3) is 0 Å². The number of likely N-dealkylation sites (tertiary alicyclic amines) is 4. The van der Waals surface area contributed by atoms with Crippen LogP contribution in [-0.2, 0) is 26.1 Å². The van der Waals surface area contributed by atoms with Gasteiger partial charge in [0.2, 0.25) is 0 Å². The van der Waals surface area contributed by atoms with Gasteiger partial charge in [-0.2, -0.15) is 10.5 Å². The minimum Gasteiger partial charge on any atom is -0.367 e. The highest BCUT2D eigenvalue weighted by molar-refractivity contribution is 7.22. The van der Waals surface area contributed by atoms with E-state index in [0.717, 1.165) is 127 Å². The maximum absolute atomic E-state index is 13.9. The molecule has 4 aliphatic heterocycles. The van der Waals surface area contributed by atoms with E-state index in [9.17, 15) is 22.0 Å². The Labute approximate surface area is 706 Å². The minimum absolute atomic E-state index is 0.00741. The SMILES string of the molecule is [2H]C(c1ccc(F)c(C#N)c1)N1CC([2H])([2H])C([2H])(N([2H])c2ncnc3sc(Cl)nc23)C([2H])([2H])C1.[2H]c1c(C([2H])(C)C)sc2ncnc(N([2H])C3([2H])C([2H])([2H])C([2H])([2H])N(C([2H])c4ccc(F)c(C#N)c4)C([2H])([2H])C3([2H])[2H])c12.[2H]c1nc(N([2H])C2([2H])C([2H])([2H])CN(C([2H])c3ccc(F)c(Cl)c3)CC2([2H])[2H])c2nc(Cl)sc2n1.[2H]c1nc(N([2H])C2([2H])C([2H])([2H])CN(C([2H])c3ccc(F)c(F)c3)CC2([2H])[2H])c2nc(Cl)sc2n1. The number of thiophene rings is 1. The van der Waals surface area contributed by atoms with Crippen molar-refractivity contribution in [2.24, 2.45) is 0 Å². The zero-order valence-electron chi connectivity index (χ0n) is 91.1. The molecule has 4 fully saturated rings. The average Bonchev–Trinajstić information content (AvgIpc) is 0.675. The van der Waals surface area contributed by atoms with Gasteiger partial charge in [-0.3, -0.25) is 19.6 Å². The van der Waals surface area contributed by atoms with Crippen LogP contribution in [0.3, 0.4) is 0 Å². The number of aromatic nitrogens is 11. The molecule has 12 heterocycles. The van der Waals surface area contributed by atoms with Gasteiger partial charge in [-0.05, 0) is 134 Å². The summed E-state index contributed by atoms with van der Waals surface area (Å²) in [7, 11) is 0. The standard InChI is InChI=1S/C22H24FN5S.C18H16ClFN6S.C17H16Cl2FN5S.C17H16ClF2N5S/c1-14(2)20-10-18-21(25-13-26-22(18)29-20)27-17-5-7-28(8-6-17)12-15-3-4-19(23)16(9-15)11-24;19-18-25-15-16(22-10-23-17(15)27-18)24-13-3-5-26(6-4-13)9-11-1-2-14(20)12(7-11)8-21;18-12-7-10(1-2-13(12)20)8-25-5-3-11(4-6-25)23-15-14-16(22-9-21-15)26-17(19)24-14;18-17-24-14-15(21-9-22-16(14)26-17)23-11-3-5-25(6-4-11)8-10-1-2-12(19)13(20)7-10/h3-4,9-10,13-14,17H,5-8,12H2,1-2H3,(H,25,26,27);1-2,7,10,13H,3-6,9H2,(H,22,23,24);2*1-2,7,9,11H,3-6,8H2,(H,21,22,23)/i5D2,6D2,7D2,8D2,10D,12D,14D,17D;3D2,4D2,9D,13D;2*3D2,4D2,8D,9D,11D/hD4. The first-order valence-corrected chi connectivity index (χ1v) is 35.8. The Kier molecular flexibility index (Phi) is 15.0. The molecular weight excluding hydrogens is 1550 g/mol. The molecule has 0 radical (unpaired) electrons. The topological polar surface area (TPSA) is 250 Å². The van der Waals surface area contributed by atoms with Crippen molar-refractivity contribution in [3.63, 3.8) is 0 Å². The molecule has 0 aliphatic carbocycles. The van der Waals surface area contributed by atoms with E-state index in [-0.39, 0.29) is 120 Å². The van der Waals surface area contributed by atoms with Crippen LogP contribution in [0.1, 0.15) is 153 Å². The Morgan fingerprint density at radius 3 is 1.31 bits per heavy atom. The second kappa shape index (κ2) is 36.5. The third kappa shape index (κ3) is 20.4.